The van der Waals surface area contributed by atoms with E-state index in [2.05, 4.69) is 15.9 Å². The van der Waals surface area contributed by atoms with Crippen LogP contribution in [0, 0.1) is 0 Å². The Morgan fingerprint density at radius 1 is 1.00 bits per heavy atom. The van der Waals surface area contributed by atoms with Crippen molar-refractivity contribution in [1.82, 2.24) is 0 Å². The van der Waals surface area contributed by atoms with Gasteiger partial charge in [-0.3, -0.25) is 4.79 Å². The van der Waals surface area contributed by atoms with Crippen molar-refractivity contribution in [3.05, 3.63) is 72.4 Å². The highest BCUT2D eigenvalue weighted by molar-refractivity contribution is 9.09. The third-order valence-corrected chi connectivity index (χ3v) is 3.72. The molecule has 3 aromatic rings. The minimum absolute atomic E-state index is 0.0558. The van der Waals surface area contributed by atoms with Gasteiger partial charge in [-0.05, 0) is 27.4 Å². The van der Waals surface area contributed by atoms with Gasteiger partial charge in [-0.2, -0.15) is 4.57 Å². The molecule has 0 saturated carbocycles. The van der Waals surface area contributed by atoms with E-state index in [9.17, 15) is 4.79 Å². The summed E-state index contributed by atoms with van der Waals surface area (Å²) in [6, 6.07) is 19.3. The van der Waals surface area contributed by atoms with E-state index in [1.54, 1.807) is 0 Å². The minimum atomic E-state index is 0.0558. The molecule has 22 heavy (non-hydrogen) atoms. The third kappa shape index (κ3) is 3.02. The molecule has 3 rings (SSSR count). The Labute approximate surface area is 137 Å². The molecular weight excluding hydrogens is 342 g/mol. The van der Waals surface area contributed by atoms with Gasteiger partial charge in [0.15, 0.2) is 6.20 Å². The first-order chi connectivity index (χ1) is 10.8. The fourth-order valence-corrected chi connectivity index (χ4v) is 2.65. The fourth-order valence-electron chi connectivity index (χ4n) is 2.44. The topological polar surface area (TPSA) is 30.2 Å². The highest BCUT2D eigenvalue weighted by Gasteiger charge is 2.20. The standard InChI is InChI=1S/C18H15BrNO2/c19-13-22-18-16-9-5-4-6-14(16)10-11-20(18)12-17(21)15-7-2-1-3-8-15/h1-11H,12-13H2/q+1. The number of fused-ring (bicyclic) bond motifs is 1. The molecule has 0 amide bonds. The summed E-state index contributed by atoms with van der Waals surface area (Å²) in [5.41, 5.74) is 1.08. The molecule has 0 saturated heterocycles. The van der Waals surface area contributed by atoms with Crippen molar-refractivity contribution in [2.45, 2.75) is 6.54 Å². The summed E-state index contributed by atoms with van der Waals surface area (Å²) in [6.45, 7) is 0.247. The maximum Gasteiger partial charge on any atom is 0.377 e. The number of hydrogen-bond donors (Lipinski definition) is 0. The molecular formula is C18H15BrNO2+. The van der Waals surface area contributed by atoms with E-state index in [0.717, 1.165) is 10.8 Å². The van der Waals surface area contributed by atoms with Crippen LogP contribution >= 0.6 is 15.9 Å². The third-order valence-electron chi connectivity index (χ3n) is 3.49. The Bertz CT molecular complexity index is 803. The zero-order valence-electron chi connectivity index (χ0n) is 11.9. The van der Waals surface area contributed by atoms with Crippen LogP contribution in [-0.2, 0) is 6.54 Å². The van der Waals surface area contributed by atoms with Gasteiger partial charge >= 0.3 is 5.88 Å². The molecule has 0 radical (unpaired) electrons. The summed E-state index contributed by atoms with van der Waals surface area (Å²) in [6.07, 6.45) is 1.89. The van der Waals surface area contributed by atoms with E-state index in [1.807, 2.05) is 71.4 Å². The van der Waals surface area contributed by atoms with Gasteiger partial charge in [0.05, 0.1) is 5.39 Å². The van der Waals surface area contributed by atoms with Crippen molar-refractivity contribution >= 4 is 32.5 Å². The summed E-state index contributed by atoms with van der Waals surface area (Å²) >= 11 is 3.30. The number of aromatic nitrogens is 1. The number of hydrogen-bond acceptors (Lipinski definition) is 2. The molecule has 2 aromatic carbocycles. The quantitative estimate of drug-likeness (QED) is 0.396. The molecule has 0 bridgehead atoms. The van der Waals surface area contributed by atoms with Crippen LogP contribution in [0.1, 0.15) is 10.4 Å². The highest BCUT2D eigenvalue weighted by Crippen LogP contribution is 2.21. The molecule has 0 aliphatic carbocycles. The fraction of sp³-hybridized carbons (Fsp3) is 0.111. The Balaban J connectivity index is 1.99. The molecule has 0 spiro atoms. The average molecular weight is 357 g/mol. The molecule has 0 aliphatic rings. The van der Waals surface area contributed by atoms with Crippen molar-refractivity contribution < 1.29 is 14.1 Å². The lowest BCUT2D eigenvalue weighted by Crippen LogP contribution is -2.39. The van der Waals surface area contributed by atoms with Gasteiger partial charge in [0.2, 0.25) is 12.3 Å². The molecule has 110 valence electrons. The van der Waals surface area contributed by atoms with Gasteiger partial charge in [-0.15, -0.1) is 0 Å². The van der Waals surface area contributed by atoms with Crippen molar-refractivity contribution in [2.24, 2.45) is 0 Å². The Morgan fingerprint density at radius 3 is 2.50 bits per heavy atom. The lowest BCUT2D eigenvalue weighted by atomic mass is 10.1. The predicted octanol–water partition coefficient (Wildman–Crippen LogP) is 3.74. The maximum atomic E-state index is 12.4. The monoisotopic (exact) mass is 356 g/mol. The number of Topliss-reactive ketones (excluding diaryl/α,β-unsaturated/α-hetero) is 1. The lowest BCUT2D eigenvalue weighted by molar-refractivity contribution is -0.686. The van der Waals surface area contributed by atoms with Crippen molar-refractivity contribution in [3.63, 3.8) is 0 Å². The van der Waals surface area contributed by atoms with Gasteiger partial charge in [-0.25, -0.2) is 0 Å². The number of ether oxygens (including phenoxy) is 1. The maximum absolute atomic E-state index is 12.4. The predicted molar refractivity (Wildman–Crippen MR) is 89.3 cm³/mol. The average Bonchev–Trinajstić information content (AvgIpc) is 2.58. The molecule has 1 heterocycles. The highest BCUT2D eigenvalue weighted by atomic mass is 79.9. The Kier molecular flexibility index (Phi) is 4.49. The second kappa shape index (κ2) is 6.71. The van der Waals surface area contributed by atoms with Gasteiger partial charge in [0.25, 0.3) is 0 Å². The number of rotatable bonds is 5. The molecule has 0 N–H and O–H groups in total. The Hall–Kier alpha value is -2.20. The summed E-state index contributed by atoms with van der Waals surface area (Å²) < 4.78 is 7.56. The zero-order chi connectivity index (χ0) is 15.4. The van der Waals surface area contributed by atoms with Gasteiger partial charge < -0.3 is 4.74 Å². The van der Waals surface area contributed by atoms with Crippen LogP contribution in [-0.4, -0.2) is 11.3 Å². The number of nitrogens with zero attached hydrogens (tertiary/aromatic N) is 1. The van der Waals surface area contributed by atoms with E-state index < -0.39 is 0 Å². The second-order valence-electron chi connectivity index (χ2n) is 4.88. The minimum Gasteiger partial charge on any atom is -0.432 e. The zero-order valence-corrected chi connectivity index (χ0v) is 13.5. The summed E-state index contributed by atoms with van der Waals surface area (Å²) in [7, 11) is 0. The van der Waals surface area contributed by atoms with Crippen molar-refractivity contribution in [3.8, 4) is 5.88 Å². The van der Waals surface area contributed by atoms with Crippen LogP contribution in [0.3, 0.4) is 0 Å². The molecule has 0 atom stereocenters. The van der Waals surface area contributed by atoms with Gasteiger partial charge in [0, 0.05) is 11.6 Å². The first-order valence-electron chi connectivity index (χ1n) is 6.98. The molecule has 0 unspecified atom stereocenters. The molecule has 0 aliphatic heterocycles. The van der Waals surface area contributed by atoms with Crippen LogP contribution in [0.5, 0.6) is 5.88 Å². The van der Waals surface area contributed by atoms with E-state index in [-0.39, 0.29) is 12.3 Å². The molecule has 3 nitrogen and oxygen atoms in total. The lowest BCUT2D eigenvalue weighted by Gasteiger charge is -2.06. The molecule has 4 heteroatoms. The second-order valence-corrected chi connectivity index (χ2v) is 5.34. The van der Waals surface area contributed by atoms with E-state index in [0.29, 0.717) is 17.0 Å². The number of benzene rings is 2. The molecule has 1 aromatic heterocycles. The van der Waals surface area contributed by atoms with E-state index in [4.69, 9.17) is 4.74 Å². The number of pyridine rings is 1. The van der Waals surface area contributed by atoms with Gasteiger partial charge in [-0.1, -0.05) is 48.5 Å². The van der Waals surface area contributed by atoms with Crippen molar-refractivity contribution in [1.29, 1.82) is 0 Å². The van der Waals surface area contributed by atoms with Crippen molar-refractivity contribution in [2.75, 3.05) is 5.52 Å². The largest absolute Gasteiger partial charge is 0.432 e. The summed E-state index contributed by atoms with van der Waals surface area (Å²) in [5, 5.41) is 2.08. The van der Waals surface area contributed by atoms with Crippen LogP contribution in [0.15, 0.2) is 66.9 Å². The van der Waals surface area contributed by atoms with Gasteiger partial charge in [0.1, 0.15) is 5.52 Å². The van der Waals surface area contributed by atoms with E-state index in [1.165, 1.54) is 0 Å². The van der Waals surface area contributed by atoms with E-state index >= 15 is 0 Å². The summed E-state index contributed by atoms with van der Waals surface area (Å²) in [5.74, 6) is 0.750. The number of carbonyl (C=O) groups is 1. The van der Waals surface area contributed by atoms with Crippen LogP contribution in [0.25, 0.3) is 10.8 Å². The van der Waals surface area contributed by atoms with Crippen LogP contribution in [0.2, 0.25) is 0 Å². The first kappa shape index (κ1) is 14.7. The smallest absolute Gasteiger partial charge is 0.377 e. The summed E-state index contributed by atoms with van der Waals surface area (Å²) in [4.78, 5) is 12.4. The molecule has 0 fully saturated rings. The number of ketones is 1. The normalized spacial score (nSPS) is 10.6. The van der Waals surface area contributed by atoms with Crippen LogP contribution in [0.4, 0.5) is 0 Å². The SMILES string of the molecule is O=C(C[n+]1ccc2ccccc2c1OCBr)c1ccccc1. The number of alkyl halides is 1. The number of halogens is 1. The first-order valence-corrected chi connectivity index (χ1v) is 8.10. The Morgan fingerprint density at radius 2 is 1.73 bits per heavy atom. The van der Waals surface area contributed by atoms with Crippen LogP contribution < -0.4 is 9.30 Å². The number of carbonyl (C=O) groups excluding carboxylic acids is 1.